The molecule has 178 valence electrons. The molecule has 0 radical (unpaired) electrons. The van der Waals surface area contributed by atoms with Crippen LogP contribution in [0.4, 0.5) is 16.2 Å². The highest BCUT2D eigenvalue weighted by atomic mass is 35.5. The molecule has 1 heterocycles. The van der Waals surface area contributed by atoms with Gasteiger partial charge >= 0.3 is 6.09 Å². The second kappa shape index (κ2) is 10.5. The van der Waals surface area contributed by atoms with E-state index in [4.69, 9.17) is 27.9 Å². The van der Waals surface area contributed by atoms with Crippen molar-refractivity contribution in [2.75, 3.05) is 30.3 Å². The van der Waals surface area contributed by atoms with Gasteiger partial charge in [-0.15, -0.1) is 0 Å². The highest BCUT2D eigenvalue weighted by Gasteiger charge is 2.26. The number of likely N-dealkylation sites (tertiary alicyclic amines) is 1. The minimum Gasteiger partial charge on any atom is -0.507 e. The lowest BCUT2D eigenvalue weighted by atomic mass is 9.97. The fraction of sp³-hybridized carbons (Fsp3) is 0.417. The Morgan fingerprint density at radius 2 is 1.82 bits per heavy atom. The zero-order valence-corrected chi connectivity index (χ0v) is 20.5. The molecule has 0 saturated carbocycles. The van der Waals surface area contributed by atoms with E-state index in [9.17, 15) is 14.7 Å². The Morgan fingerprint density at radius 3 is 2.45 bits per heavy atom. The predicted octanol–water partition coefficient (Wildman–Crippen LogP) is 6.01. The topological polar surface area (TPSA) is 90.9 Å². The van der Waals surface area contributed by atoms with E-state index in [1.807, 2.05) is 26.8 Å². The fourth-order valence-electron chi connectivity index (χ4n) is 3.51. The number of aromatic hydroxyl groups is 1. The van der Waals surface area contributed by atoms with Gasteiger partial charge in [-0.3, -0.25) is 4.79 Å². The second-order valence-electron chi connectivity index (χ2n) is 9.10. The Bertz CT molecular complexity index is 1020. The number of carbonyl (C=O) groups is 2. The Labute approximate surface area is 204 Å². The maximum atomic E-state index is 12.5. The molecule has 0 aliphatic carbocycles. The van der Waals surface area contributed by atoms with E-state index in [0.29, 0.717) is 34.7 Å². The summed E-state index contributed by atoms with van der Waals surface area (Å²) in [6.45, 7) is 7.69. The zero-order chi connectivity index (χ0) is 24.2. The van der Waals surface area contributed by atoms with E-state index in [1.54, 1.807) is 17.0 Å². The van der Waals surface area contributed by atoms with Crippen molar-refractivity contribution in [2.24, 2.45) is 5.92 Å². The lowest BCUT2D eigenvalue weighted by molar-refractivity contribution is 0.0188. The monoisotopic (exact) mass is 493 g/mol. The van der Waals surface area contributed by atoms with Gasteiger partial charge in [-0.2, -0.15) is 0 Å². The maximum Gasteiger partial charge on any atom is 0.410 e. The number of carbonyl (C=O) groups excluding carboxylic acids is 2. The highest BCUT2D eigenvalue weighted by molar-refractivity contribution is 6.34. The van der Waals surface area contributed by atoms with Crippen molar-refractivity contribution in [3.8, 4) is 5.75 Å². The molecule has 0 aromatic heterocycles. The molecular weight excluding hydrogens is 465 g/mol. The first-order valence-electron chi connectivity index (χ1n) is 10.8. The normalized spacial score (nSPS) is 14.6. The third-order valence-corrected chi connectivity index (χ3v) is 5.83. The van der Waals surface area contributed by atoms with Crippen LogP contribution in [0.15, 0.2) is 36.4 Å². The minimum absolute atomic E-state index is 0.0680. The van der Waals surface area contributed by atoms with Crippen LogP contribution >= 0.6 is 23.2 Å². The smallest absolute Gasteiger partial charge is 0.410 e. The average Bonchev–Trinajstić information content (AvgIpc) is 2.74. The molecule has 0 atom stereocenters. The number of amides is 2. The van der Waals surface area contributed by atoms with Crippen LogP contribution in [0.1, 0.15) is 44.0 Å². The number of phenols is 1. The molecule has 1 aliphatic rings. The van der Waals surface area contributed by atoms with Crippen LogP contribution in [0, 0.1) is 5.92 Å². The maximum absolute atomic E-state index is 12.5. The number of nitrogens with one attached hydrogen (secondary N) is 2. The van der Waals surface area contributed by atoms with Crippen molar-refractivity contribution in [2.45, 2.75) is 39.2 Å². The first-order valence-corrected chi connectivity index (χ1v) is 11.6. The second-order valence-corrected chi connectivity index (χ2v) is 9.95. The van der Waals surface area contributed by atoms with Gasteiger partial charge in [0.2, 0.25) is 0 Å². The molecule has 0 bridgehead atoms. The summed E-state index contributed by atoms with van der Waals surface area (Å²) in [6, 6.07) is 9.53. The Kier molecular flexibility index (Phi) is 7.97. The van der Waals surface area contributed by atoms with Gasteiger partial charge in [0.15, 0.2) is 0 Å². The molecule has 33 heavy (non-hydrogen) atoms. The molecule has 1 saturated heterocycles. The lowest BCUT2D eigenvalue weighted by Crippen LogP contribution is -2.42. The van der Waals surface area contributed by atoms with Gasteiger partial charge in [-0.05, 0) is 75.9 Å². The Balaban J connectivity index is 1.50. The number of nitrogens with zero attached hydrogens (tertiary/aromatic N) is 1. The molecule has 3 rings (SSSR count). The number of phenolic OH excluding ortho intramolecular Hbond substituents is 1. The van der Waals surface area contributed by atoms with Gasteiger partial charge in [0, 0.05) is 30.3 Å². The van der Waals surface area contributed by atoms with Crippen LogP contribution < -0.4 is 10.6 Å². The van der Waals surface area contributed by atoms with Crippen molar-refractivity contribution in [1.29, 1.82) is 0 Å². The van der Waals surface area contributed by atoms with Crippen molar-refractivity contribution >= 4 is 46.6 Å². The van der Waals surface area contributed by atoms with Gasteiger partial charge in [-0.1, -0.05) is 23.2 Å². The van der Waals surface area contributed by atoms with E-state index >= 15 is 0 Å². The van der Waals surface area contributed by atoms with Gasteiger partial charge < -0.3 is 25.4 Å². The number of ether oxygens (including phenoxy) is 1. The summed E-state index contributed by atoms with van der Waals surface area (Å²) >= 11 is 12.3. The van der Waals surface area contributed by atoms with E-state index < -0.39 is 11.5 Å². The lowest BCUT2D eigenvalue weighted by Gasteiger charge is -2.33. The van der Waals surface area contributed by atoms with Crippen LogP contribution in [-0.4, -0.2) is 47.2 Å². The number of rotatable bonds is 5. The molecule has 9 heteroatoms. The summed E-state index contributed by atoms with van der Waals surface area (Å²) in [4.78, 5) is 26.4. The molecule has 1 aliphatic heterocycles. The summed E-state index contributed by atoms with van der Waals surface area (Å²) in [7, 11) is 0. The Morgan fingerprint density at radius 1 is 1.12 bits per heavy atom. The van der Waals surface area contributed by atoms with Crippen LogP contribution in [0.3, 0.4) is 0 Å². The third kappa shape index (κ3) is 7.17. The van der Waals surface area contributed by atoms with Crippen molar-refractivity contribution in [3.05, 3.63) is 52.0 Å². The van der Waals surface area contributed by atoms with E-state index in [1.165, 1.54) is 18.2 Å². The molecule has 0 spiro atoms. The SMILES string of the molecule is CC(C)(C)OC(=O)N1CCC(CNc2ccc(NC(=O)c3cc(Cl)ccc3O)c(Cl)c2)CC1. The molecular formula is C24H29Cl2N3O4. The zero-order valence-electron chi connectivity index (χ0n) is 19.0. The standard InChI is InChI=1S/C24H29Cl2N3O4/c1-24(2,3)33-23(32)29-10-8-15(9-11-29)14-27-17-5-6-20(19(26)13-17)28-22(31)18-12-16(25)4-7-21(18)30/h4-7,12-13,15,27,30H,8-11,14H2,1-3H3,(H,28,31). The number of benzene rings is 2. The van der Waals surface area contributed by atoms with Crippen LogP contribution in [-0.2, 0) is 4.74 Å². The largest absolute Gasteiger partial charge is 0.507 e. The number of hydrogen-bond donors (Lipinski definition) is 3. The van der Waals surface area contributed by atoms with Gasteiger partial charge in [0.25, 0.3) is 5.91 Å². The van der Waals surface area contributed by atoms with Crippen LogP contribution in [0.5, 0.6) is 5.75 Å². The molecule has 2 amide bonds. The first-order chi connectivity index (χ1) is 15.5. The van der Waals surface area contributed by atoms with Crippen LogP contribution in [0.25, 0.3) is 0 Å². The van der Waals surface area contributed by atoms with E-state index in [0.717, 1.165) is 25.1 Å². The van der Waals surface area contributed by atoms with E-state index in [2.05, 4.69) is 10.6 Å². The number of piperidine rings is 1. The molecule has 3 N–H and O–H groups in total. The highest BCUT2D eigenvalue weighted by Crippen LogP contribution is 2.29. The summed E-state index contributed by atoms with van der Waals surface area (Å²) in [5.41, 5.74) is 0.837. The Hall–Kier alpha value is -2.64. The summed E-state index contributed by atoms with van der Waals surface area (Å²) < 4.78 is 5.44. The number of anilines is 2. The molecule has 1 fully saturated rings. The number of hydrogen-bond acceptors (Lipinski definition) is 5. The summed E-state index contributed by atoms with van der Waals surface area (Å²) in [5, 5.41) is 16.7. The van der Waals surface area contributed by atoms with Gasteiger partial charge in [-0.25, -0.2) is 4.79 Å². The molecule has 2 aromatic carbocycles. The third-order valence-electron chi connectivity index (χ3n) is 5.28. The average molecular weight is 494 g/mol. The quantitative estimate of drug-likeness (QED) is 0.474. The van der Waals surface area contributed by atoms with Crippen molar-refractivity contribution in [3.63, 3.8) is 0 Å². The van der Waals surface area contributed by atoms with Gasteiger partial charge in [0.1, 0.15) is 11.4 Å². The molecule has 0 unspecified atom stereocenters. The summed E-state index contributed by atoms with van der Waals surface area (Å²) in [5.74, 6) is -0.244. The molecule has 7 nitrogen and oxygen atoms in total. The van der Waals surface area contributed by atoms with Gasteiger partial charge in [0.05, 0.1) is 16.3 Å². The van der Waals surface area contributed by atoms with Crippen LogP contribution in [0.2, 0.25) is 10.0 Å². The number of halogens is 2. The minimum atomic E-state index is -0.505. The fourth-order valence-corrected chi connectivity index (χ4v) is 3.91. The molecule has 2 aromatic rings. The van der Waals surface area contributed by atoms with Crippen molar-refractivity contribution < 1.29 is 19.4 Å². The van der Waals surface area contributed by atoms with E-state index in [-0.39, 0.29) is 17.4 Å². The summed E-state index contributed by atoms with van der Waals surface area (Å²) in [6.07, 6.45) is 1.51. The van der Waals surface area contributed by atoms with Crippen molar-refractivity contribution in [1.82, 2.24) is 4.90 Å². The first kappa shape index (κ1) is 25.0. The predicted molar refractivity (Wildman–Crippen MR) is 132 cm³/mol.